The van der Waals surface area contributed by atoms with E-state index in [1.54, 1.807) is 6.20 Å². The third-order valence-corrected chi connectivity index (χ3v) is 3.52. The van der Waals surface area contributed by atoms with Gasteiger partial charge in [0.05, 0.1) is 6.20 Å². The first-order valence-electron chi connectivity index (χ1n) is 7.67. The molecule has 116 valence electrons. The predicted molar refractivity (Wildman–Crippen MR) is 92.7 cm³/mol. The Morgan fingerprint density at radius 3 is 2.57 bits per heavy atom. The number of rotatable bonds is 6. The summed E-state index contributed by atoms with van der Waals surface area (Å²) in [5.74, 6) is 1.18. The SMILES string of the molecule is CCc1ccccc1Nc1nncc(NCc2ccccc2)n1. The second kappa shape index (κ2) is 7.35. The summed E-state index contributed by atoms with van der Waals surface area (Å²) < 4.78 is 0. The van der Waals surface area contributed by atoms with Crippen molar-refractivity contribution in [3.63, 3.8) is 0 Å². The smallest absolute Gasteiger partial charge is 0.249 e. The summed E-state index contributed by atoms with van der Waals surface area (Å²) in [5.41, 5.74) is 3.42. The summed E-state index contributed by atoms with van der Waals surface area (Å²) in [7, 11) is 0. The number of anilines is 3. The minimum Gasteiger partial charge on any atom is -0.365 e. The Balaban J connectivity index is 1.70. The Bertz CT molecular complexity index is 758. The zero-order valence-corrected chi connectivity index (χ0v) is 13.0. The predicted octanol–water partition coefficient (Wildman–Crippen LogP) is 3.79. The van der Waals surface area contributed by atoms with Crippen molar-refractivity contribution >= 4 is 17.5 Å². The van der Waals surface area contributed by atoms with Crippen LogP contribution in [0.2, 0.25) is 0 Å². The van der Waals surface area contributed by atoms with Crippen LogP contribution in [0.5, 0.6) is 0 Å². The first kappa shape index (κ1) is 15.0. The van der Waals surface area contributed by atoms with Crippen LogP contribution in [0, 0.1) is 0 Å². The Morgan fingerprint density at radius 2 is 1.74 bits per heavy atom. The molecule has 2 aromatic carbocycles. The molecule has 0 radical (unpaired) electrons. The van der Waals surface area contributed by atoms with Gasteiger partial charge in [-0.3, -0.25) is 0 Å². The van der Waals surface area contributed by atoms with E-state index in [4.69, 9.17) is 0 Å². The number of hydrogen-bond acceptors (Lipinski definition) is 5. The molecular formula is C18H19N5. The van der Waals surface area contributed by atoms with E-state index >= 15 is 0 Å². The number of nitrogens with zero attached hydrogens (tertiary/aromatic N) is 3. The summed E-state index contributed by atoms with van der Waals surface area (Å²) in [6, 6.07) is 18.3. The molecule has 1 aromatic heterocycles. The number of hydrogen-bond donors (Lipinski definition) is 2. The first-order chi connectivity index (χ1) is 11.3. The van der Waals surface area contributed by atoms with Crippen molar-refractivity contribution in [1.82, 2.24) is 15.2 Å². The van der Waals surface area contributed by atoms with E-state index in [2.05, 4.69) is 50.9 Å². The average molecular weight is 305 g/mol. The lowest BCUT2D eigenvalue weighted by molar-refractivity contribution is 0.964. The molecule has 0 amide bonds. The molecular weight excluding hydrogens is 286 g/mol. The van der Waals surface area contributed by atoms with Crippen molar-refractivity contribution < 1.29 is 0 Å². The Morgan fingerprint density at radius 1 is 0.957 bits per heavy atom. The van der Waals surface area contributed by atoms with E-state index in [9.17, 15) is 0 Å². The van der Waals surface area contributed by atoms with Crippen molar-refractivity contribution in [2.24, 2.45) is 0 Å². The summed E-state index contributed by atoms with van der Waals surface area (Å²) >= 11 is 0. The van der Waals surface area contributed by atoms with Crippen LogP contribution in [0.25, 0.3) is 0 Å². The summed E-state index contributed by atoms with van der Waals surface area (Å²) in [6.07, 6.45) is 2.57. The maximum atomic E-state index is 4.46. The molecule has 0 spiro atoms. The zero-order valence-electron chi connectivity index (χ0n) is 13.0. The van der Waals surface area contributed by atoms with Crippen molar-refractivity contribution in [2.75, 3.05) is 10.6 Å². The van der Waals surface area contributed by atoms with Crippen LogP contribution in [0.1, 0.15) is 18.1 Å². The zero-order chi connectivity index (χ0) is 15.9. The van der Waals surface area contributed by atoms with Gasteiger partial charge in [-0.1, -0.05) is 55.5 Å². The maximum absolute atomic E-state index is 4.46. The van der Waals surface area contributed by atoms with E-state index in [0.29, 0.717) is 18.3 Å². The van der Waals surface area contributed by atoms with E-state index in [0.717, 1.165) is 12.1 Å². The van der Waals surface area contributed by atoms with Gasteiger partial charge in [0, 0.05) is 12.2 Å². The van der Waals surface area contributed by atoms with Crippen LogP contribution in [-0.4, -0.2) is 15.2 Å². The van der Waals surface area contributed by atoms with Crippen LogP contribution >= 0.6 is 0 Å². The fourth-order valence-electron chi connectivity index (χ4n) is 2.30. The molecule has 0 fully saturated rings. The van der Waals surface area contributed by atoms with Crippen molar-refractivity contribution in [3.05, 3.63) is 71.9 Å². The van der Waals surface area contributed by atoms with Crippen molar-refractivity contribution in [2.45, 2.75) is 19.9 Å². The van der Waals surface area contributed by atoms with Gasteiger partial charge < -0.3 is 10.6 Å². The number of para-hydroxylation sites is 1. The molecule has 0 saturated heterocycles. The quantitative estimate of drug-likeness (QED) is 0.725. The molecule has 0 aliphatic carbocycles. The fraction of sp³-hybridized carbons (Fsp3) is 0.167. The Labute approximate surface area is 135 Å². The molecule has 0 aliphatic rings. The molecule has 3 aromatic rings. The van der Waals surface area contributed by atoms with Gasteiger partial charge in [-0.2, -0.15) is 10.1 Å². The number of aromatic nitrogens is 3. The summed E-state index contributed by atoms with van der Waals surface area (Å²) in [4.78, 5) is 4.46. The van der Waals surface area contributed by atoms with Gasteiger partial charge in [0.1, 0.15) is 0 Å². The van der Waals surface area contributed by atoms with E-state index in [-0.39, 0.29) is 0 Å². The van der Waals surface area contributed by atoms with Gasteiger partial charge in [0.15, 0.2) is 5.82 Å². The van der Waals surface area contributed by atoms with Crippen molar-refractivity contribution in [3.8, 4) is 0 Å². The molecule has 0 bridgehead atoms. The minimum atomic E-state index is 0.490. The molecule has 1 heterocycles. The average Bonchev–Trinajstić information content (AvgIpc) is 2.62. The normalized spacial score (nSPS) is 10.3. The monoisotopic (exact) mass is 305 g/mol. The molecule has 2 N–H and O–H groups in total. The lowest BCUT2D eigenvalue weighted by atomic mass is 10.1. The molecule has 0 unspecified atom stereocenters. The lowest BCUT2D eigenvalue weighted by Gasteiger charge is -2.10. The highest BCUT2D eigenvalue weighted by Crippen LogP contribution is 2.19. The third-order valence-electron chi connectivity index (χ3n) is 3.52. The highest BCUT2D eigenvalue weighted by atomic mass is 15.3. The Kier molecular flexibility index (Phi) is 4.79. The molecule has 0 aliphatic heterocycles. The number of nitrogens with one attached hydrogen (secondary N) is 2. The molecule has 5 heteroatoms. The summed E-state index contributed by atoms with van der Waals surface area (Å²) in [6.45, 7) is 2.82. The lowest BCUT2D eigenvalue weighted by Crippen LogP contribution is -2.06. The summed E-state index contributed by atoms with van der Waals surface area (Å²) in [5, 5.41) is 14.6. The van der Waals surface area contributed by atoms with Gasteiger partial charge in [-0.15, -0.1) is 5.10 Å². The Hall–Kier alpha value is -2.95. The van der Waals surface area contributed by atoms with E-state index < -0.39 is 0 Å². The maximum Gasteiger partial charge on any atom is 0.249 e. The van der Waals surface area contributed by atoms with Crippen LogP contribution in [-0.2, 0) is 13.0 Å². The number of aryl methyl sites for hydroxylation is 1. The molecule has 3 rings (SSSR count). The van der Waals surface area contributed by atoms with Gasteiger partial charge in [0.25, 0.3) is 0 Å². The third kappa shape index (κ3) is 4.03. The first-order valence-corrected chi connectivity index (χ1v) is 7.67. The number of benzene rings is 2. The van der Waals surface area contributed by atoms with Crippen LogP contribution in [0.15, 0.2) is 60.8 Å². The van der Waals surface area contributed by atoms with Gasteiger partial charge in [-0.05, 0) is 23.6 Å². The molecule has 0 atom stereocenters. The standard InChI is InChI=1S/C18H19N5/c1-2-15-10-6-7-11-16(15)21-18-22-17(13-20-23-18)19-12-14-8-4-3-5-9-14/h3-11,13H,2,12H2,1H3,(H2,19,21,22,23). The van der Waals surface area contributed by atoms with E-state index in [1.165, 1.54) is 11.1 Å². The van der Waals surface area contributed by atoms with Crippen molar-refractivity contribution in [1.29, 1.82) is 0 Å². The highest BCUT2D eigenvalue weighted by molar-refractivity contribution is 5.58. The molecule has 5 nitrogen and oxygen atoms in total. The molecule has 23 heavy (non-hydrogen) atoms. The topological polar surface area (TPSA) is 62.7 Å². The van der Waals surface area contributed by atoms with Crippen LogP contribution in [0.4, 0.5) is 17.5 Å². The largest absolute Gasteiger partial charge is 0.365 e. The minimum absolute atomic E-state index is 0.490. The van der Waals surface area contributed by atoms with Gasteiger partial charge >= 0.3 is 0 Å². The van der Waals surface area contributed by atoms with Gasteiger partial charge in [0.2, 0.25) is 5.95 Å². The van der Waals surface area contributed by atoms with Gasteiger partial charge in [-0.25, -0.2) is 0 Å². The van der Waals surface area contributed by atoms with E-state index in [1.807, 2.05) is 36.4 Å². The highest BCUT2D eigenvalue weighted by Gasteiger charge is 2.04. The fourth-order valence-corrected chi connectivity index (χ4v) is 2.30. The molecule has 0 saturated carbocycles. The second-order valence-corrected chi connectivity index (χ2v) is 5.14. The van der Waals surface area contributed by atoms with Crippen LogP contribution < -0.4 is 10.6 Å². The second-order valence-electron chi connectivity index (χ2n) is 5.14. The van der Waals surface area contributed by atoms with Crippen LogP contribution in [0.3, 0.4) is 0 Å².